The maximum absolute atomic E-state index is 12.6. The molecule has 2 heterocycles. The van der Waals surface area contributed by atoms with Crippen molar-refractivity contribution in [3.05, 3.63) is 82.8 Å². The Morgan fingerprint density at radius 3 is 2.68 bits per heavy atom. The molecule has 1 amide bonds. The number of para-hydroxylation sites is 2. The van der Waals surface area contributed by atoms with Gasteiger partial charge in [0.25, 0.3) is 5.91 Å². The zero-order valence-electron chi connectivity index (χ0n) is 13.8. The summed E-state index contributed by atoms with van der Waals surface area (Å²) in [6.07, 6.45) is 1.81. The van der Waals surface area contributed by atoms with E-state index in [2.05, 4.69) is 10.4 Å². The van der Waals surface area contributed by atoms with Gasteiger partial charge in [-0.2, -0.15) is 11.3 Å². The van der Waals surface area contributed by atoms with Gasteiger partial charge in [-0.1, -0.05) is 12.1 Å². The van der Waals surface area contributed by atoms with Crippen molar-refractivity contribution in [3.63, 3.8) is 0 Å². The zero-order chi connectivity index (χ0) is 17.2. The summed E-state index contributed by atoms with van der Waals surface area (Å²) in [6, 6.07) is 17.7. The van der Waals surface area contributed by atoms with E-state index in [1.807, 2.05) is 77.9 Å². The lowest BCUT2D eigenvalue weighted by atomic mass is 10.1. The molecule has 0 spiro atoms. The first-order valence-corrected chi connectivity index (χ1v) is 8.96. The molecule has 0 N–H and O–H groups in total. The van der Waals surface area contributed by atoms with Crippen LogP contribution in [0.15, 0.2) is 71.7 Å². The van der Waals surface area contributed by atoms with E-state index in [9.17, 15) is 4.79 Å². The summed E-state index contributed by atoms with van der Waals surface area (Å²) in [6.45, 7) is 0.621. The van der Waals surface area contributed by atoms with Crippen molar-refractivity contribution < 1.29 is 4.79 Å². The molecule has 5 heteroatoms. The molecule has 25 heavy (non-hydrogen) atoms. The fourth-order valence-electron chi connectivity index (χ4n) is 2.88. The number of fused-ring (bicyclic) bond motifs is 1. The Hall–Kier alpha value is -2.92. The molecule has 0 bridgehead atoms. The third-order valence-corrected chi connectivity index (χ3v) is 4.92. The standard InChI is InChI=1S/C20H17N3OS/c1-22(12-15-10-11-25-13-15)20(24)16-6-8-17(9-7-16)23-14-21-18-4-2-3-5-19(18)23/h2-11,13-14H,12H2,1H3. The van der Waals surface area contributed by atoms with Gasteiger partial charge in [-0.25, -0.2) is 4.98 Å². The van der Waals surface area contributed by atoms with Crippen molar-refractivity contribution in [2.24, 2.45) is 0 Å². The normalized spacial score (nSPS) is 10.9. The van der Waals surface area contributed by atoms with Crippen molar-refractivity contribution in [1.29, 1.82) is 0 Å². The molecule has 2 aromatic heterocycles. The molecule has 4 aromatic rings. The zero-order valence-corrected chi connectivity index (χ0v) is 14.6. The van der Waals surface area contributed by atoms with Gasteiger partial charge in [0.2, 0.25) is 0 Å². The van der Waals surface area contributed by atoms with Gasteiger partial charge >= 0.3 is 0 Å². The van der Waals surface area contributed by atoms with Crippen molar-refractivity contribution in [2.45, 2.75) is 6.54 Å². The van der Waals surface area contributed by atoms with E-state index in [1.165, 1.54) is 0 Å². The van der Waals surface area contributed by atoms with Crippen molar-refractivity contribution in [2.75, 3.05) is 7.05 Å². The number of hydrogen-bond acceptors (Lipinski definition) is 3. The highest BCUT2D eigenvalue weighted by Crippen LogP contribution is 2.19. The van der Waals surface area contributed by atoms with Crippen molar-refractivity contribution >= 4 is 28.3 Å². The molecule has 0 atom stereocenters. The van der Waals surface area contributed by atoms with Crippen LogP contribution in [0.3, 0.4) is 0 Å². The number of carbonyl (C=O) groups is 1. The van der Waals surface area contributed by atoms with E-state index < -0.39 is 0 Å². The Labute approximate surface area is 150 Å². The Bertz CT molecular complexity index is 1000. The summed E-state index contributed by atoms with van der Waals surface area (Å²) < 4.78 is 2.03. The molecule has 0 saturated heterocycles. The minimum Gasteiger partial charge on any atom is -0.337 e. The monoisotopic (exact) mass is 347 g/mol. The largest absolute Gasteiger partial charge is 0.337 e. The van der Waals surface area contributed by atoms with Crippen LogP contribution in [0.1, 0.15) is 15.9 Å². The second kappa shape index (κ2) is 6.53. The topological polar surface area (TPSA) is 38.1 Å². The van der Waals surface area contributed by atoms with Crippen LogP contribution in [0.4, 0.5) is 0 Å². The van der Waals surface area contributed by atoms with Gasteiger partial charge in [-0.3, -0.25) is 9.36 Å². The third-order valence-electron chi connectivity index (χ3n) is 4.19. The van der Waals surface area contributed by atoms with Crippen LogP contribution in [-0.2, 0) is 6.54 Å². The van der Waals surface area contributed by atoms with Crippen LogP contribution in [0, 0.1) is 0 Å². The van der Waals surface area contributed by atoms with Gasteiger partial charge < -0.3 is 4.90 Å². The average Bonchev–Trinajstić information content (AvgIpc) is 3.31. The van der Waals surface area contributed by atoms with E-state index in [1.54, 1.807) is 16.2 Å². The molecule has 0 aliphatic rings. The third kappa shape index (κ3) is 3.06. The summed E-state index contributed by atoms with van der Waals surface area (Å²) in [7, 11) is 1.83. The predicted octanol–water partition coefficient (Wildman–Crippen LogP) is 4.36. The minimum atomic E-state index is 0.0215. The van der Waals surface area contributed by atoms with Gasteiger partial charge in [0.05, 0.1) is 11.0 Å². The minimum absolute atomic E-state index is 0.0215. The van der Waals surface area contributed by atoms with Gasteiger partial charge in [0.1, 0.15) is 6.33 Å². The lowest BCUT2D eigenvalue weighted by Crippen LogP contribution is -2.25. The van der Waals surface area contributed by atoms with Crippen LogP contribution >= 0.6 is 11.3 Å². The summed E-state index contributed by atoms with van der Waals surface area (Å²) in [5, 5.41) is 4.09. The van der Waals surface area contributed by atoms with E-state index in [0.717, 1.165) is 22.3 Å². The Kier molecular flexibility index (Phi) is 4.07. The predicted molar refractivity (Wildman–Crippen MR) is 101 cm³/mol. The quantitative estimate of drug-likeness (QED) is 0.550. The maximum Gasteiger partial charge on any atom is 0.253 e. The smallest absolute Gasteiger partial charge is 0.253 e. The first-order chi connectivity index (χ1) is 12.2. The van der Waals surface area contributed by atoms with Crippen molar-refractivity contribution in [1.82, 2.24) is 14.5 Å². The number of amides is 1. The van der Waals surface area contributed by atoms with Gasteiger partial charge in [0, 0.05) is 24.8 Å². The van der Waals surface area contributed by atoms with E-state index >= 15 is 0 Å². The molecule has 0 aliphatic carbocycles. The summed E-state index contributed by atoms with van der Waals surface area (Å²) >= 11 is 1.64. The van der Waals surface area contributed by atoms with Gasteiger partial charge in [0.15, 0.2) is 0 Å². The number of aromatic nitrogens is 2. The summed E-state index contributed by atoms with van der Waals surface area (Å²) in [5.74, 6) is 0.0215. The first kappa shape index (κ1) is 15.6. The Morgan fingerprint density at radius 1 is 1.12 bits per heavy atom. The number of benzene rings is 2. The summed E-state index contributed by atoms with van der Waals surface area (Å²) in [4.78, 5) is 18.7. The molecule has 0 unspecified atom stereocenters. The molecule has 4 nitrogen and oxygen atoms in total. The maximum atomic E-state index is 12.6. The van der Waals surface area contributed by atoms with Gasteiger partial charge in [-0.05, 0) is 58.8 Å². The van der Waals surface area contributed by atoms with Crippen molar-refractivity contribution in [3.8, 4) is 5.69 Å². The number of imidazole rings is 1. The SMILES string of the molecule is CN(Cc1ccsc1)C(=O)c1ccc(-n2cnc3ccccc32)cc1. The van der Waals surface area contributed by atoms with Crippen LogP contribution in [0.2, 0.25) is 0 Å². The fraction of sp³-hybridized carbons (Fsp3) is 0.100. The van der Waals surface area contributed by atoms with Crippen LogP contribution < -0.4 is 0 Å². The summed E-state index contributed by atoms with van der Waals surface area (Å²) in [5.41, 5.74) is 4.84. The molecule has 0 fully saturated rings. The lowest BCUT2D eigenvalue weighted by molar-refractivity contribution is 0.0785. The highest BCUT2D eigenvalue weighted by atomic mass is 32.1. The van der Waals surface area contributed by atoms with Crippen LogP contribution in [-0.4, -0.2) is 27.4 Å². The Balaban J connectivity index is 1.56. The number of carbonyl (C=O) groups excluding carboxylic acids is 1. The van der Waals surface area contributed by atoms with E-state index in [-0.39, 0.29) is 5.91 Å². The molecule has 0 aliphatic heterocycles. The molecular formula is C20H17N3OS. The molecule has 0 saturated carbocycles. The number of nitrogens with zero attached hydrogens (tertiary/aromatic N) is 3. The Morgan fingerprint density at radius 2 is 1.92 bits per heavy atom. The van der Waals surface area contributed by atoms with Crippen LogP contribution in [0.5, 0.6) is 0 Å². The molecule has 0 radical (unpaired) electrons. The molecular weight excluding hydrogens is 330 g/mol. The number of thiophene rings is 1. The van der Waals surface area contributed by atoms with Gasteiger partial charge in [-0.15, -0.1) is 0 Å². The van der Waals surface area contributed by atoms with E-state index in [0.29, 0.717) is 12.1 Å². The molecule has 2 aromatic carbocycles. The average molecular weight is 347 g/mol. The number of hydrogen-bond donors (Lipinski definition) is 0. The highest BCUT2D eigenvalue weighted by molar-refractivity contribution is 7.07. The fourth-order valence-corrected chi connectivity index (χ4v) is 3.54. The second-order valence-electron chi connectivity index (χ2n) is 5.94. The van der Waals surface area contributed by atoms with Crippen LogP contribution in [0.25, 0.3) is 16.7 Å². The second-order valence-corrected chi connectivity index (χ2v) is 6.72. The number of rotatable bonds is 4. The lowest BCUT2D eigenvalue weighted by Gasteiger charge is -2.16. The first-order valence-electron chi connectivity index (χ1n) is 8.01. The molecule has 4 rings (SSSR count). The van der Waals surface area contributed by atoms with E-state index in [4.69, 9.17) is 0 Å². The highest BCUT2D eigenvalue weighted by Gasteiger charge is 2.13. The molecule has 124 valence electrons.